The Kier molecular flexibility index (Phi) is 7.30. The van der Waals surface area contributed by atoms with Crippen molar-refractivity contribution >= 4 is 34.2 Å². The maximum absolute atomic E-state index is 11.9. The van der Waals surface area contributed by atoms with Gasteiger partial charge in [-0.1, -0.05) is 54.1 Å². The third-order valence-electron chi connectivity index (χ3n) is 3.98. The van der Waals surface area contributed by atoms with Crippen LogP contribution in [0.3, 0.4) is 0 Å². The Morgan fingerprint density at radius 1 is 0.828 bits per heavy atom. The summed E-state index contributed by atoms with van der Waals surface area (Å²) >= 11 is 6.16. The Morgan fingerprint density at radius 2 is 1.55 bits per heavy atom. The van der Waals surface area contributed by atoms with Crippen LogP contribution in [-0.2, 0) is 14.3 Å². The van der Waals surface area contributed by atoms with Crippen LogP contribution in [0.1, 0.15) is 0 Å². The van der Waals surface area contributed by atoms with Crippen molar-refractivity contribution in [2.75, 3.05) is 26.4 Å². The number of rotatable bonds is 9. The van der Waals surface area contributed by atoms with Gasteiger partial charge in [-0.25, -0.2) is 4.79 Å². The van der Waals surface area contributed by atoms with Crippen LogP contribution in [0.2, 0.25) is 5.02 Å². The van der Waals surface area contributed by atoms with Gasteiger partial charge in [0.05, 0.1) is 6.54 Å². The maximum atomic E-state index is 11.9. The lowest BCUT2D eigenvalue weighted by Gasteiger charge is -2.11. The standard InChI is InChI=1S/C22H20ClNO5/c23-19-10-11-20(18-9-5-4-8-17(18)19)28-15-22(26)29-14-21(25)24-12-13-27-16-6-2-1-3-7-16/h1-11H,12-15H2,(H,24,25). The molecule has 0 aliphatic heterocycles. The summed E-state index contributed by atoms with van der Waals surface area (Å²) in [6, 6.07) is 20.1. The molecule has 3 aromatic rings. The van der Waals surface area contributed by atoms with Crippen molar-refractivity contribution in [3.63, 3.8) is 0 Å². The van der Waals surface area contributed by atoms with Gasteiger partial charge in [0.15, 0.2) is 13.2 Å². The average molecular weight is 414 g/mol. The molecular weight excluding hydrogens is 394 g/mol. The van der Waals surface area contributed by atoms with Crippen molar-refractivity contribution in [3.05, 3.63) is 71.8 Å². The van der Waals surface area contributed by atoms with Gasteiger partial charge in [0, 0.05) is 15.8 Å². The summed E-state index contributed by atoms with van der Waals surface area (Å²) in [6.45, 7) is -0.0695. The van der Waals surface area contributed by atoms with Gasteiger partial charge in [-0.05, 0) is 24.3 Å². The average Bonchev–Trinajstić information content (AvgIpc) is 2.76. The molecule has 29 heavy (non-hydrogen) atoms. The summed E-state index contributed by atoms with van der Waals surface area (Å²) in [5.41, 5.74) is 0. The molecule has 0 spiro atoms. The van der Waals surface area contributed by atoms with Crippen LogP contribution in [0.4, 0.5) is 0 Å². The van der Waals surface area contributed by atoms with E-state index < -0.39 is 11.9 Å². The minimum absolute atomic E-state index is 0.304. The van der Waals surface area contributed by atoms with Crippen molar-refractivity contribution in [1.29, 1.82) is 0 Å². The highest BCUT2D eigenvalue weighted by molar-refractivity contribution is 6.35. The Hall–Kier alpha value is -3.25. The molecule has 0 radical (unpaired) electrons. The lowest BCUT2D eigenvalue weighted by atomic mass is 10.1. The summed E-state index contributed by atoms with van der Waals surface area (Å²) in [7, 11) is 0. The van der Waals surface area contributed by atoms with Crippen LogP contribution in [-0.4, -0.2) is 38.2 Å². The van der Waals surface area contributed by atoms with E-state index in [0.717, 1.165) is 16.5 Å². The quantitative estimate of drug-likeness (QED) is 0.428. The van der Waals surface area contributed by atoms with Crippen molar-refractivity contribution in [1.82, 2.24) is 5.32 Å². The van der Waals surface area contributed by atoms with E-state index in [4.69, 9.17) is 25.8 Å². The lowest BCUT2D eigenvalue weighted by Crippen LogP contribution is -2.32. The zero-order chi connectivity index (χ0) is 20.5. The van der Waals surface area contributed by atoms with Crippen LogP contribution in [0.5, 0.6) is 11.5 Å². The predicted molar refractivity (Wildman–Crippen MR) is 110 cm³/mol. The number of hydrogen-bond acceptors (Lipinski definition) is 5. The van der Waals surface area contributed by atoms with Gasteiger partial charge < -0.3 is 19.5 Å². The molecule has 3 rings (SSSR count). The molecular formula is C22H20ClNO5. The van der Waals surface area contributed by atoms with Crippen LogP contribution < -0.4 is 14.8 Å². The van der Waals surface area contributed by atoms with Crippen LogP contribution in [0, 0.1) is 0 Å². The second-order valence-corrected chi connectivity index (χ2v) is 6.46. The molecule has 0 aliphatic rings. The smallest absolute Gasteiger partial charge is 0.344 e. The predicted octanol–water partition coefficient (Wildman–Crippen LogP) is 3.61. The zero-order valence-corrected chi connectivity index (χ0v) is 16.4. The Labute approximate surface area is 173 Å². The molecule has 3 aromatic carbocycles. The molecule has 7 heteroatoms. The van der Waals surface area contributed by atoms with E-state index in [-0.39, 0.29) is 13.2 Å². The van der Waals surface area contributed by atoms with Gasteiger partial charge in [0.2, 0.25) is 0 Å². The number of para-hydroxylation sites is 1. The number of ether oxygens (including phenoxy) is 3. The summed E-state index contributed by atoms with van der Waals surface area (Å²) < 4.78 is 15.9. The van der Waals surface area contributed by atoms with E-state index in [0.29, 0.717) is 23.9 Å². The molecule has 6 nitrogen and oxygen atoms in total. The molecule has 1 N–H and O–H groups in total. The van der Waals surface area contributed by atoms with E-state index in [1.165, 1.54) is 0 Å². The van der Waals surface area contributed by atoms with Crippen molar-refractivity contribution < 1.29 is 23.8 Å². The molecule has 0 atom stereocenters. The highest BCUT2D eigenvalue weighted by atomic mass is 35.5. The second-order valence-electron chi connectivity index (χ2n) is 6.05. The Bertz CT molecular complexity index is 977. The van der Waals surface area contributed by atoms with E-state index in [9.17, 15) is 9.59 Å². The van der Waals surface area contributed by atoms with E-state index in [1.54, 1.807) is 12.1 Å². The molecule has 150 valence electrons. The number of nitrogens with one attached hydrogen (secondary N) is 1. The van der Waals surface area contributed by atoms with Crippen molar-refractivity contribution in [3.8, 4) is 11.5 Å². The Morgan fingerprint density at radius 3 is 2.34 bits per heavy atom. The number of benzene rings is 3. The fourth-order valence-electron chi connectivity index (χ4n) is 2.61. The summed E-state index contributed by atoms with van der Waals surface area (Å²) in [5, 5.41) is 4.84. The summed E-state index contributed by atoms with van der Waals surface area (Å²) in [4.78, 5) is 23.6. The van der Waals surface area contributed by atoms with Gasteiger partial charge in [-0.2, -0.15) is 0 Å². The van der Waals surface area contributed by atoms with Gasteiger partial charge in [-0.15, -0.1) is 0 Å². The number of amides is 1. The van der Waals surface area contributed by atoms with E-state index in [2.05, 4.69) is 5.32 Å². The highest BCUT2D eigenvalue weighted by Gasteiger charge is 2.10. The zero-order valence-electron chi connectivity index (χ0n) is 15.6. The molecule has 0 aromatic heterocycles. The summed E-state index contributed by atoms with van der Waals surface area (Å²) in [6.07, 6.45) is 0. The van der Waals surface area contributed by atoms with Gasteiger partial charge >= 0.3 is 5.97 Å². The third kappa shape index (κ3) is 6.12. The fraction of sp³-hybridized carbons (Fsp3) is 0.182. The molecule has 1 amide bonds. The molecule has 0 fully saturated rings. The molecule has 0 unspecified atom stereocenters. The number of hydrogen-bond donors (Lipinski definition) is 1. The minimum Gasteiger partial charge on any atom is -0.492 e. The van der Waals surface area contributed by atoms with Crippen LogP contribution in [0.25, 0.3) is 10.8 Å². The van der Waals surface area contributed by atoms with Gasteiger partial charge in [0.1, 0.15) is 18.1 Å². The first-order chi connectivity index (χ1) is 14.1. The number of halogens is 1. The third-order valence-corrected chi connectivity index (χ3v) is 4.31. The number of fused-ring (bicyclic) bond motifs is 1. The van der Waals surface area contributed by atoms with Crippen LogP contribution >= 0.6 is 11.6 Å². The first-order valence-corrected chi connectivity index (χ1v) is 9.41. The minimum atomic E-state index is -0.639. The Balaban J connectivity index is 1.37. The number of carbonyl (C=O) groups is 2. The molecule has 0 bridgehead atoms. The van der Waals surface area contributed by atoms with Crippen molar-refractivity contribution in [2.45, 2.75) is 0 Å². The fourth-order valence-corrected chi connectivity index (χ4v) is 2.84. The topological polar surface area (TPSA) is 73.9 Å². The molecule has 0 saturated heterocycles. The molecule has 0 heterocycles. The monoisotopic (exact) mass is 413 g/mol. The largest absolute Gasteiger partial charge is 0.492 e. The second kappa shape index (κ2) is 10.3. The normalized spacial score (nSPS) is 10.4. The highest BCUT2D eigenvalue weighted by Crippen LogP contribution is 2.31. The maximum Gasteiger partial charge on any atom is 0.344 e. The first kappa shape index (κ1) is 20.5. The van der Waals surface area contributed by atoms with Crippen LogP contribution in [0.15, 0.2) is 66.7 Å². The van der Waals surface area contributed by atoms with Crippen molar-refractivity contribution in [2.24, 2.45) is 0 Å². The lowest BCUT2D eigenvalue weighted by molar-refractivity contribution is -0.150. The molecule has 0 saturated carbocycles. The number of carbonyl (C=O) groups excluding carboxylic acids is 2. The summed E-state index contributed by atoms with van der Waals surface area (Å²) in [5.74, 6) is 0.191. The number of esters is 1. The van der Waals surface area contributed by atoms with E-state index >= 15 is 0 Å². The van der Waals surface area contributed by atoms with Gasteiger partial charge in [-0.3, -0.25) is 4.79 Å². The first-order valence-electron chi connectivity index (χ1n) is 9.04. The molecule has 0 aliphatic carbocycles. The van der Waals surface area contributed by atoms with E-state index in [1.807, 2.05) is 54.6 Å². The van der Waals surface area contributed by atoms with Gasteiger partial charge in [0.25, 0.3) is 5.91 Å². The SMILES string of the molecule is O=C(COC(=O)COc1ccc(Cl)c2ccccc12)NCCOc1ccccc1.